The first-order valence-electron chi connectivity index (χ1n) is 10.2. The molecule has 3 nitrogen and oxygen atoms in total. The van der Waals surface area contributed by atoms with Gasteiger partial charge in [-0.2, -0.15) is 5.26 Å². The third kappa shape index (κ3) is 18.5. The fraction of sp³-hybridized carbons (Fsp3) is 0.652. The van der Waals surface area contributed by atoms with E-state index in [1.165, 1.54) is 51.0 Å². The number of rotatable bonds is 16. The molecule has 0 aromatic rings. The van der Waals surface area contributed by atoms with Crippen LogP contribution in [0.15, 0.2) is 36.0 Å². The van der Waals surface area contributed by atoms with Gasteiger partial charge in [-0.05, 0) is 51.0 Å². The molecule has 0 saturated heterocycles. The Hall–Kier alpha value is -1.82. The van der Waals surface area contributed by atoms with Gasteiger partial charge in [-0.3, -0.25) is 4.79 Å². The second kappa shape index (κ2) is 19.5. The maximum absolute atomic E-state index is 11.5. The largest absolute Gasteiger partial charge is 0.461 e. The number of esters is 1. The fourth-order valence-corrected chi connectivity index (χ4v) is 2.50. The van der Waals surface area contributed by atoms with Gasteiger partial charge in [-0.15, -0.1) is 0 Å². The Labute approximate surface area is 160 Å². The highest BCUT2D eigenvalue weighted by atomic mass is 16.5. The van der Waals surface area contributed by atoms with Crippen LogP contribution < -0.4 is 0 Å². The van der Waals surface area contributed by atoms with Crippen LogP contribution >= 0.6 is 0 Å². The molecule has 0 atom stereocenters. The second-order valence-corrected chi connectivity index (χ2v) is 6.76. The van der Waals surface area contributed by atoms with Crippen LogP contribution in [0.2, 0.25) is 0 Å². The van der Waals surface area contributed by atoms with Crippen molar-refractivity contribution in [3.05, 3.63) is 36.0 Å². The highest BCUT2D eigenvalue weighted by Gasteiger charge is 2.02. The first-order chi connectivity index (χ1) is 12.7. The van der Waals surface area contributed by atoms with Gasteiger partial charge in [0, 0.05) is 12.5 Å². The molecule has 3 heteroatoms. The quantitative estimate of drug-likeness (QED) is 0.132. The molecule has 0 radical (unpaired) electrons. The topological polar surface area (TPSA) is 50.1 Å². The summed E-state index contributed by atoms with van der Waals surface area (Å²) in [6, 6.07) is 1.93. The minimum atomic E-state index is -0.165. The van der Waals surface area contributed by atoms with E-state index in [4.69, 9.17) is 10.00 Å². The molecule has 0 aromatic carbocycles. The molecule has 146 valence electrons. The molecule has 0 bridgehead atoms. The minimum absolute atomic E-state index is 0.165. The molecule has 0 N–H and O–H groups in total. The molecule has 0 amide bonds. The Balaban J connectivity index is 3.38. The number of allylic oxidation sites excluding steroid dienone is 5. The van der Waals surface area contributed by atoms with Crippen molar-refractivity contribution in [1.29, 1.82) is 5.26 Å². The van der Waals surface area contributed by atoms with Crippen molar-refractivity contribution in [2.24, 2.45) is 0 Å². The van der Waals surface area contributed by atoms with Crippen LogP contribution in [-0.2, 0) is 9.53 Å². The number of nitriles is 1. The van der Waals surface area contributed by atoms with Crippen LogP contribution in [0.1, 0.15) is 90.9 Å². The summed E-state index contributed by atoms with van der Waals surface area (Å²) in [4.78, 5) is 11.5. The van der Waals surface area contributed by atoms with Crippen LogP contribution in [0.3, 0.4) is 0 Å². The predicted octanol–water partition coefficient (Wildman–Crippen LogP) is 6.81. The summed E-state index contributed by atoms with van der Waals surface area (Å²) >= 11 is 0. The van der Waals surface area contributed by atoms with E-state index in [1.807, 2.05) is 6.07 Å². The lowest BCUT2D eigenvalue weighted by molar-refractivity contribution is -0.142. The first-order valence-corrected chi connectivity index (χ1v) is 10.2. The Bertz CT molecular complexity index is 469. The highest BCUT2D eigenvalue weighted by molar-refractivity contribution is 5.69. The monoisotopic (exact) mass is 359 g/mol. The van der Waals surface area contributed by atoms with Gasteiger partial charge in [0.25, 0.3) is 0 Å². The average molecular weight is 360 g/mol. The first kappa shape index (κ1) is 24.2. The maximum atomic E-state index is 11.5. The van der Waals surface area contributed by atoms with E-state index in [0.717, 1.165) is 31.3 Å². The highest BCUT2D eigenvalue weighted by Crippen LogP contribution is 2.09. The van der Waals surface area contributed by atoms with Crippen molar-refractivity contribution in [2.45, 2.75) is 90.9 Å². The molecule has 26 heavy (non-hydrogen) atoms. The van der Waals surface area contributed by atoms with Gasteiger partial charge in [0.15, 0.2) is 0 Å². The Kier molecular flexibility index (Phi) is 18.1. The molecule has 0 heterocycles. The van der Waals surface area contributed by atoms with Crippen molar-refractivity contribution in [1.82, 2.24) is 0 Å². The minimum Gasteiger partial charge on any atom is -0.461 e. The van der Waals surface area contributed by atoms with Crippen LogP contribution in [0, 0.1) is 11.3 Å². The van der Waals surface area contributed by atoms with Crippen LogP contribution in [0.5, 0.6) is 0 Å². The third-order valence-corrected chi connectivity index (χ3v) is 4.10. The SMILES string of the molecule is CCCCC/C=C\C/C=C\CCCCCCCC(=O)OC/C(C)=C/C#N. The van der Waals surface area contributed by atoms with E-state index in [2.05, 4.69) is 31.2 Å². The third-order valence-electron chi connectivity index (χ3n) is 4.10. The smallest absolute Gasteiger partial charge is 0.306 e. The summed E-state index contributed by atoms with van der Waals surface area (Å²) in [6.07, 6.45) is 23.9. The van der Waals surface area contributed by atoms with Crippen molar-refractivity contribution < 1.29 is 9.53 Å². The van der Waals surface area contributed by atoms with Gasteiger partial charge in [-0.1, -0.05) is 63.3 Å². The molecule has 0 aliphatic rings. The van der Waals surface area contributed by atoms with E-state index in [1.54, 1.807) is 6.92 Å². The van der Waals surface area contributed by atoms with Crippen molar-refractivity contribution >= 4 is 5.97 Å². The standard InChI is InChI=1S/C23H37NO2/c1-3-4-5-6-7-8-9-10-11-12-13-14-15-16-17-18-23(25)26-21-22(2)19-20-24/h7-8,10-11,19H,3-6,9,12-18,21H2,1-2H3/b8-7-,11-10-,22-19+. The van der Waals surface area contributed by atoms with Gasteiger partial charge in [-0.25, -0.2) is 0 Å². The zero-order valence-electron chi connectivity index (χ0n) is 16.8. The number of ether oxygens (including phenoxy) is 1. The molecule has 0 unspecified atom stereocenters. The number of hydrogen-bond donors (Lipinski definition) is 0. The summed E-state index contributed by atoms with van der Waals surface area (Å²) in [5, 5.41) is 8.48. The van der Waals surface area contributed by atoms with Crippen LogP contribution in [0.25, 0.3) is 0 Å². The fourth-order valence-electron chi connectivity index (χ4n) is 2.50. The predicted molar refractivity (Wildman–Crippen MR) is 110 cm³/mol. The Morgan fingerprint density at radius 1 is 0.923 bits per heavy atom. The van der Waals surface area contributed by atoms with Gasteiger partial charge in [0.2, 0.25) is 0 Å². The lowest BCUT2D eigenvalue weighted by Crippen LogP contribution is -2.06. The number of carbonyl (C=O) groups is 1. The van der Waals surface area contributed by atoms with Gasteiger partial charge >= 0.3 is 5.97 Å². The lowest BCUT2D eigenvalue weighted by Gasteiger charge is -2.04. The summed E-state index contributed by atoms with van der Waals surface area (Å²) in [5.74, 6) is -0.165. The van der Waals surface area contributed by atoms with E-state index in [9.17, 15) is 4.79 Å². The Morgan fingerprint density at radius 3 is 2.19 bits per heavy atom. The normalized spacial score (nSPS) is 12.0. The van der Waals surface area contributed by atoms with Crippen molar-refractivity contribution in [2.75, 3.05) is 6.61 Å². The van der Waals surface area contributed by atoms with E-state index < -0.39 is 0 Å². The summed E-state index contributed by atoms with van der Waals surface area (Å²) < 4.78 is 5.10. The summed E-state index contributed by atoms with van der Waals surface area (Å²) in [5.41, 5.74) is 0.779. The zero-order chi connectivity index (χ0) is 19.3. The van der Waals surface area contributed by atoms with E-state index >= 15 is 0 Å². The van der Waals surface area contributed by atoms with Crippen molar-refractivity contribution in [3.8, 4) is 6.07 Å². The number of unbranched alkanes of at least 4 members (excludes halogenated alkanes) is 8. The average Bonchev–Trinajstić information content (AvgIpc) is 2.63. The molecule has 0 saturated carbocycles. The molecule has 0 aliphatic carbocycles. The van der Waals surface area contributed by atoms with Gasteiger partial charge < -0.3 is 4.74 Å². The molecular weight excluding hydrogens is 322 g/mol. The lowest BCUT2D eigenvalue weighted by atomic mass is 10.1. The van der Waals surface area contributed by atoms with Crippen LogP contribution in [-0.4, -0.2) is 12.6 Å². The van der Waals surface area contributed by atoms with Crippen molar-refractivity contribution in [3.63, 3.8) is 0 Å². The second-order valence-electron chi connectivity index (χ2n) is 6.76. The van der Waals surface area contributed by atoms with E-state index in [0.29, 0.717) is 6.42 Å². The Morgan fingerprint density at radius 2 is 1.54 bits per heavy atom. The molecule has 0 spiro atoms. The molecule has 0 aromatic heterocycles. The van der Waals surface area contributed by atoms with Gasteiger partial charge in [0.1, 0.15) is 6.61 Å². The van der Waals surface area contributed by atoms with Crippen LogP contribution in [0.4, 0.5) is 0 Å². The maximum Gasteiger partial charge on any atom is 0.306 e. The van der Waals surface area contributed by atoms with E-state index in [-0.39, 0.29) is 12.6 Å². The molecule has 0 fully saturated rings. The number of carbonyl (C=O) groups excluding carboxylic acids is 1. The number of hydrogen-bond acceptors (Lipinski definition) is 3. The summed E-state index contributed by atoms with van der Waals surface area (Å²) in [6.45, 7) is 4.25. The number of nitrogens with zero attached hydrogens (tertiary/aromatic N) is 1. The molecule has 0 aliphatic heterocycles. The van der Waals surface area contributed by atoms with Gasteiger partial charge in [0.05, 0.1) is 6.07 Å². The zero-order valence-corrected chi connectivity index (χ0v) is 16.8. The summed E-state index contributed by atoms with van der Waals surface area (Å²) in [7, 11) is 0. The molecule has 0 rings (SSSR count). The molecular formula is C23H37NO2.